The summed E-state index contributed by atoms with van der Waals surface area (Å²) >= 11 is 0. The first-order valence-electron chi connectivity index (χ1n) is 5.23. The summed E-state index contributed by atoms with van der Waals surface area (Å²) in [5, 5.41) is 9.05. The Labute approximate surface area is 103 Å². The smallest absolute Gasteiger partial charge is 0.325 e. The molecule has 18 heavy (non-hydrogen) atoms. The topological polar surface area (TPSA) is 132 Å². The van der Waals surface area contributed by atoms with Crippen molar-refractivity contribution in [3.05, 3.63) is 27.0 Å². The van der Waals surface area contributed by atoms with Crippen molar-refractivity contribution in [2.75, 3.05) is 6.61 Å². The third-order valence-corrected chi connectivity index (χ3v) is 3.88. The van der Waals surface area contributed by atoms with Gasteiger partial charge in [-0.05, 0) is 5.92 Å². The van der Waals surface area contributed by atoms with Crippen LogP contribution in [-0.2, 0) is 10.0 Å². The highest BCUT2D eigenvalue weighted by atomic mass is 32.2. The van der Waals surface area contributed by atoms with Crippen molar-refractivity contribution in [3.63, 3.8) is 0 Å². The predicted molar refractivity (Wildman–Crippen MR) is 63.7 cm³/mol. The van der Waals surface area contributed by atoms with Crippen LogP contribution in [0.5, 0.6) is 0 Å². The molecule has 1 heterocycles. The maximum atomic E-state index is 11.9. The van der Waals surface area contributed by atoms with Crippen LogP contribution < -0.4 is 16.0 Å². The largest absolute Gasteiger partial charge is 0.395 e. The monoisotopic (exact) mass is 277 g/mol. The fourth-order valence-electron chi connectivity index (χ4n) is 1.24. The van der Waals surface area contributed by atoms with E-state index in [-0.39, 0.29) is 5.92 Å². The predicted octanol–water partition coefficient (Wildman–Crippen LogP) is -1.64. The minimum absolute atomic E-state index is 0.147. The van der Waals surface area contributed by atoms with Crippen LogP contribution in [0.25, 0.3) is 0 Å². The van der Waals surface area contributed by atoms with E-state index in [1.807, 2.05) is 4.98 Å². The lowest BCUT2D eigenvalue weighted by Crippen LogP contribution is -2.43. The van der Waals surface area contributed by atoms with Gasteiger partial charge < -0.3 is 10.1 Å². The number of aromatic nitrogens is 2. The van der Waals surface area contributed by atoms with E-state index < -0.39 is 38.8 Å². The van der Waals surface area contributed by atoms with E-state index in [9.17, 15) is 18.0 Å². The molecule has 0 saturated heterocycles. The van der Waals surface area contributed by atoms with Gasteiger partial charge in [-0.1, -0.05) is 13.8 Å². The molecule has 0 aliphatic heterocycles. The summed E-state index contributed by atoms with van der Waals surface area (Å²) in [4.78, 5) is 25.5. The maximum absolute atomic E-state index is 11.9. The molecule has 1 atom stereocenters. The minimum Gasteiger partial charge on any atom is -0.395 e. The van der Waals surface area contributed by atoms with E-state index in [1.165, 1.54) is 0 Å². The normalized spacial score (nSPS) is 13.8. The maximum Gasteiger partial charge on any atom is 0.325 e. The summed E-state index contributed by atoms with van der Waals surface area (Å²) in [5.41, 5.74) is -1.80. The number of hydrogen-bond donors (Lipinski definition) is 4. The first-order chi connectivity index (χ1) is 8.27. The zero-order valence-electron chi connectivity index (χ0n) is 9.93. The van der Waals surface area contributed by atoms with Crippen molar-refractivity contribution in [1.82, 2.24) is 14.7 Å². The van der Waals surface area contributed by atoms with Crippen LogP contribution in [0, 0.1) is 5.92 Å². The van der Waals surface area contributed by atoms with E-state index >= 15 is 0 Å². The van der Waals surface area contributed by atoms with Gasteiger partial charge in [-0.3, -0.25) is 9.78 Å². The summed E-state index contributed by atoms with van der Waals surface area (Å²) in [7, 11) is -4.09. The summed E-state index contributed by atoms with van der Waals surface area (Å²) in [5.74, 6) is -0.147. The molecule has 0 spiro atoms. The van der Waals surface area contributed by atoms with Crippen LogP contribution in [0.1, 0.15) is 13.8 Å². The fourth-order valence-corrected chi connectivity index (χ4v) is 2.63. The minimum atomic E-state index is -4.09. The molecule has 102 valence electrons. The molecule has 1 aromatic heterocycles. The van der Waals surface area contributed by atoms with Gasteiger partial charge in [0.2, 0.25) is 10.0 Å². The second-order valence-corrected chi connectivity index (χ2v) is 5.77. The number of rotatable bonds is 5. The van der Waals surface area contributed by atoms with Crippen molar-refractivity contribution < 1.29 is 13.5 Å². The SMILES string of the molecule is CC(C)C(CO)NS(=O)(=O)c1c[nH]c(=O)[nH]c1=O. The molecule has 8 nitrogen and oxygen atoms in total. The van der Waals surface area contributed by atoms with E-state index in [1.54, 1.807) is 13.8 Å². The first-order valence-corrected chi connectivity index (χ1v) is 6.71. The third kappa shape index (κ3) is 3.28. The number of H-pyrrole nitrogens is 2. The van der Waals surface area contributed by atoms with Gasteiger partial charge in [0.25, 0.3) is 5.56 Å². The van der Waals surface area contributed by atoms with Crippen LogP contribution >= 0.6 is 0 Å². The lowest BCUT2D eigenvalue weighted by molar-refractivity contribution is 0.227. The van der Waals surface area contributed by atoms with Gasteiger partial charge in [-0.2, -0.15) is 0 Å². The molecule has 4 N–H and O–H groups in total. The van der Waals surface area contributed by atoms with E-state index in [4.69, 9.17) is 5.11 Å². The van der Waals surface area contributed by atoms with Crippen LogP contribution in [0.3, 0.4) is 0 Å². The second kappa shape index (κ2) is 5.46. The average molecular weight is 277 g/mol. The van der Waals surface area contributed by atoms with Crippen molar-refractivity contribution in [3.8, 4) is 0 Å². The number of nitrogens with one attached hydrogen (secondary N) is 3. The molecule has 0 fully saturated rings. The molecule has 0 radical (unpaired) electrons. The molecule has 0 saturated carbocycles. The number of aromatic amines is 2. The second-order valence-electron chi connectivity index (χ2n) is 4.09. The zero-order chi connectivity index (χ0) is 13.9. The van der Waals surface area contributed by atoms with Crippen LogP contribution in [0.4, 0.5) is 0 Å². The Hall–Kier alpha value is -1.45. The Kier molecular flexibility index (Phi) is 4.43. The van der Waals surface area contributed by atoms with Gasteiger partial charge in [0, 0.05) is 12.2 Å². The van der Waals surface area contributed by atoms with Gasteiger partial charge in [0.1, 0.15) is 0 Å². The highest BCUT2D eigenvalue weighted by molar-refractivity contribution is 7.89. The lowest BCUT2D eigenvalue weighted by atomic mass is 10.1. The standard InChI is InChI=1S/C9H15N3O5S/c1-5(2)6(4-13)12-18(16,17)7-3-10-9(15)11-8(7)14/h3,5-6,12-13H,4H2,1-2H3,(H2,10,11,14,15). The summed E-state index contributed by atoms with van der Waals surface area (Å²) in [6.07, 6.45) is 0.818. The molecular weight excluding hydrogens is 262 g/mol. The summed E-state index contributed by atoms with van der Waals surface area (Å²) in [6, 6.07) is -0.707. The molecule has 0 amide bonds. The van der Waals surface area contributed by atoms with Gasteiger partial charge in [0.05, 0.1) is 6.61 Å². The summed E-state index contributed by atoms with van der Waals surface area (Å²) < 4.78 is 25.9. The highest BCUT2D eigenvalue weighted by Gasteiger charge is 2.24. The molecule has 9 heteroatoms. The number of hydrogen-bond acceptors (Lipinski definition) is 5. The van der Waals surface area contributed by atoms with Crippen LogP contribution in [0.2, 0.25) is 0 Å². The Morgan fingerprint density at radius 2 is 2.00 bits per heavy atom. The summed E-state index contributed by atoms with van der Waals surface area (Å²) in [6.45, 7) is 3.05. The van der Waals surface area contributed by atoms with Crippen LogP contribution in [0.15, 0.2) is 20.7 Å². The van der Waals surface area contributed by atoms with E-state index in [0.717, 1.165) is 6.20 Å². The van der Waals surface area contributed by atoms with Crippen molar-refractivity contribution in [1.29, 1.82) is 0 Å². The van der Waals surface area contributed by atoms with E-state index in [0.29, 0.717) is 0 Å². The van der Waals surface area contributed by atoms with Crippen molar-refractivity contribution in [2.24, 2.45) is 5.92 Å². The van der Waals surface area contributed by atoms with Crippen molar-refractivity contribution in [2.45, 2.75) is 24.8 Å². The zero-order valence-corrected chi connectivity index (χ0v) is 10.7. The molecular formula is C9H15N3O5S. The molecule has 0 aliphatic rings. The van der Waals surface area contributed by atoms with Crippen LogP contribution in [-0.4, -0.2) is 36.1 Å². The molecule has 1 rings (SSSR count). The highest BCUT2D eigenvalue weighted by Crippen LogP contribution is 2.06. The van der Waals surface area contributed by atoms with Crippen molar-refractivity contribution >= 4 is 10.0 Å². The average Bonchev–Trinajstić information content (AvgIpc) is 2.24. The molecule has 1 aromatic rings. The number of aliphatic hydroxyl groups is 1. The first kappa shape index (κ1) is 14.6. The third-order valence-electron chi connectivity index (χ3n) is 2.38. The molecule has 0 aromatic carbocycles. The lowest BCUT2D eigenvalue weighted by Gasteiger charge is -2.19. The Balaban J connectivity index is 3.14. The Morgan fingerprint density at radius 1 is 1.39 bits per heavy atom. The molecule has 1 unspecified atom stereocenters. The fraction of sp³-hybridized carbons (Fsp3) is 0.556. The van der Waals surface area contributed by atoms with Gasteiger partial charge in [-0.15, -0.1) is 0 Å². The Morgan fingerprint density at radius 3 is 2.44 bits per heavy atom. The van der Waals surface area contributed by atoms with Gasteiger partial charge in [-0.25, -0.2) is 17.9 Å². The molecule has 0 bridgehead atoms. The number of sulfonamides is 1. The van der Waals surface area contributed by atoms with E-state index in [2.05, 4.69) is 9.71 Å². The Bertz CT molecular complexity index is 616. The number of aliphatic hydroxyl groups excluding tert-OH is 1. The van der Waals surface area contributed by atoms with Gasteiger partial charge in [0.15, 0.2) is 4.90 Å². The van der Waals surface area contributed by atoms with Gasteiger partial charge >= 0.3 is 5.69 Å². The molecule has 0 aliphatic carbocycles. The quantitative estimate of drug-likeness (QED) is 0.512.